The zero-order chi connectivity index (χ0) is 13.2. The van der Waals surface area contributed by atoms with Gasteiger partial charge in [-0.1, -0.05) is 18.5 Å². The molecular weight excluding hydrogens is 262 g/mol. The first-order chi connectivity index (χ1) is 9.22. The fourth-order valence-electron chi connectivity index (χ4n) is 2.60. The summed E-state index contributed by atoms with van der Waals surface area (Å²) < 4.78 is 1.62. The van der Waals surface area contributed by atoms with E-state index < -0.39 is 0 Å². The summed E-state index contributed by atoms with van der Waals surface area (Å²) >= 11 is 6.25. The number of halogens is 1. The molecule has 19 heavy (non-hydrogen) atoms. The highest BCUT2D eigenvalue weighted by Gasteiger charge is 2.21. The van der Waals surface area contributed by atoms with Gasteiger partial charge in [-0.25, -0.2) is 4.68 Å². The van der Waals surface area contributed by atoms with E-state index in [2.05, 4.69) is 27.8 Å². The van der Waals surface area contributed by atoms with Crippen LogP contribution in [0.2, 0.25) is 5.02 Å². The lowest BCUT2D eigenvalue weighted by Gasteiger charge is -2.16. The molecule has 1 saturated carbocycles. The van der Waals surface area contributed by atoms with Gasteiger partial charge in [-0.15, -0.1) is 5.10 Å². The van der Waals surface area contributed by atoms with Gasteiger partial charge in [0.2, 0.25) is 0 Å². The second-order valence-electron chi connectivity index (χ2n) is 5.18. The van der Waals surface area contributed by atoms with Crippen molar-refractivity contribution in [1.82, 2.24) is 20.2 Å². The van der Waals surface area contributed by atoms with Crippen molar-refractivity contribution < 1.29 is 0 Å². The molecule has 1 aromatic carbocycles. The van der Waals surface area contributed by atoms with Crippen LogP contribution in [0.3, 0.4) is 0 Å². The highest BCUT2D eigenvalue weighted by molar-refractivity contribution is 6.33. The summed E-state index contributed by atoms with van der Waals surface area (Å²) in [4.78, 5) is 0. The first-order valence-corrected chi connectivity index (χ1v) is 6.89. The molecule has 1 aliphatic carbocycles. The minimum atomic E-state index is 0.511. The van der Waals surface area contributed by atoms with E-state index >= 15 is 0 Å². The zero-order valence-corrected chi connectivity index (χ0v) is 11.5. The number of aromatic nitrogens is 4. The Balaban J connectivity index is 1.82. The summed E-state index contributed by atoms with van der Waals surface area (Å²) in [6.07, 6.45) is 5.25. The average Bonchev–Trinajstić information content (AvgIpc) is 3.04. The van der Waals surface area contributed by atoms with Crippen molar-refractivity contribution in [3.63, 3.8) is 0 Å². The van der Waals surface area contributed by atoms with Crippen molar-refractivity contribution in [3.05, 3.63) is 29.5 Å². The molecule has 1 fully saturated rings. The molecule has 0 amide bonds. The van der Waals surface area contributed by atoms with Crippen LogP contribution in [-0.2, 0) is 0 Å². The topological polar surface area (TPSA) is 55.6 Å². The van der Waals surface area contributed by atoms with Gasteiger partial charge in [-0.3, -0.25) is 0 Å². The average molecular weight is 278 g/mol. The molecule has 0 radical (unpaired) electrons. The van der Waals surface area contributed by atoms with E-state index in [4.69, 9.17) is 11.6 Å². The molecule has 1 heterocycles. The van der Waals surface area contributed by atoms with Crippen LogP contribution in [0.1, 0.15) is 26.2 Å². The quantitative estimate of drug-likeness (QED) is 0.937. The highest BCUT2D eigenvalue weighted by Crippen LogP contribution is 2.31. The predicted octanol–water partition coefficient (Wildman–Crippen LogP) is 2.92. The Hall–Kier alpha value is -1.62. The van der Waals surface area contributed by atoms with E-state index in [1.807, 2.05) is 18.2 Å². The van der Waals surface area contributed by atoms with Crippen LogP contribution in [0.15, 0.2) is 24.5 Å². The Labute approximate surface area is 117 Å². The molecule has 5 nitrogen and oxygen atoms in total. The Bertz CT molecular complexity index is 554. The van der Waals surface area contributed by atoms with Crippen molar-refractivity contribution in [2.45, 2.75) is 32.2 Å². The van der Waals surface area contributed by atoms with Crippen LogP contribution in [0.4, 0.5) is 5.69 Å². The number of hydrogen-bond donors (Lipinski definition) is 1. The molecule has 2 aromatic rings. The van der Waals surface area contributed by atoms with Gasteiger partial charge in [-0.05, 0) is 53.8 Å². The Kier molecular flexibility index (Phi) is 3.38. The maximum Gasteiger partial charge on any atom is 0.143 e. The van der Waals surface area contributed by atoms with E-state index in [0.29, 0.717) is 6.04 Å². The maximum absolute atomic E-state index is 6.25. The smallest absolute Gasteiger partial charge is 0.143 e. The molecule has 100 valence electrons. The molecule has 0 saturated heterocycles. The highest BCUT2D eigenvalue weighted by atomic mass is 35.5. The summed E-state index contributed by atoms with van der Waals surface area (Å²) in [5.74, 6) is 0.791. The number of anilines is 1. The van der Waals surface area contributed by atoms with Gasteiger partial charge in [0.05, 0.1) is 16.4 Å². The summed E-state index contributed by atoms with van der Waals surface area (Å²) in [6.45, 7) is 2.29. The van der Waals surface area contributed by atoms with Crippen LogP contribution >= 0.6 is 11.6 Å². The molecule has 0 aliphatic heterocycles. The Morgan fingerprint density at radius 2 is 2.26 bits per heavy atom. The fourth-order valence-corrected chi connectivity index (χ4v) is 2.78. The third-order valence-corrected chi connectivity index (χ3v) is 3.95. The second kappa shape index (κ2) is 5.17. The molecule has 0 bridgehead atoms. The maximum atomic E-state index is 6.25. The van der Waals surface area contributed by atoms with Gasteiger partial charge in [-0.2, -0.15) is 0 Å². The van der Waals surface area contributed by atoms with E-state index in [1.54, 1.807) is 11.0 Å². The number of nitrogens with zero attached hydrogens (tertiary/aromatic N) is 4. The minimum Gasteiger partial charge on any atom is -0.381 e. The molecule has 1 aromatic heterocycles. The number of benzene rings is 1. The van der Waals surface area contributed by atoms with E-state index in [1.165, 1.54) is 19.3 Å². The molecule has 1 aliphatic rings. The first-order valence-electron chi connectivity index (χ1n) is 6.52. The number of nitrogens with one attached hydrogen (secondary N) is 1. The molecule has 2 unspecified atom stereocenters. The van der Waals surface area contributed by atoms with Crippen LogP contribution in [0.25, 0.3) is 5.69 Å². The Morgan fingerprint density at radius 3 is 2.95 bits per heavy atom. The normalized spacial score (nSPS) is 22.6. The third kappa shape index (κ3) is 2.71. The van der Waals surface area contributed by atoms with Crippen LogP contribution in [-0.4, -0.2) is 26.2 Å². The fraction of sp³-hybridized carbons (Fsp3) is 0.462. The van der Waals surface area contributed by atoms with Crippen molar-refractivity contribution >= 4 is 17.3 Å². The van der Waals surface area contributed by atoms with E-state index in [9.17, 15) is 0 Å². The lowest BCUT2D eigenvalue weighted by atomic mass is 10.1. The van der Waals surface area contributed by atoms with Gasteiger partial charge in [0.15, 0.2) is 0 Å². The van der Waals surface area contributed by atoms with Crippen molar-refractivity contribution in [2.75, 3.05) is 5.32 Å². The van der Waals surface area contributed by atoms with Gasteiger partial charge < -0.3 is 5.32 Å². The van der Waals surface area contributed by atoms with Gasteiger partial charge >= 0.3 is 0 Å². The van der Waals surface area contributed by atoms with Gasteiger partial charge in [0.1, 0.15) is 6.33 Å². The molecule has 0 spiro atoms. The predicted molar refractivity (Wildman–Crippen MR) is 74.6 cm³/mol. The molecule has 3 rings (SSSR count). The van der Waals surface area contributed by atoms with Crippen molar-refractivity contribution in [2.24, 2.45) is 5.92 Å². The molecule has 6 heteroatoms. The lowest BCUT2D eigenvalue weighted by molar-refractivity contribution is 0.602. The van der Waals surface area contributed by atoms with Crippen molar-refractivity contribution in [1.29, 1.82) is 0 Å². The summed E-state index contributed by atoms with van der Waals surface area (Å²) in [6, 6.07) is 6.28. The van der Waals surface area contributed by atoms with Gasteiger partial charge in [0.25, 0.3) is 0 Å². The summed E-state index contributed by atoms with van der Waals surface area (Å²) in [5, 5.41) is 15.4. The molecular formula is C13H16ClN5. The van der Waals surface area contributed by atoms with Crippen LogP contribution < -0.4 is 5.32 Å². The zero-order valence-electron chi connectivity index (χ0n) is 10.8. The molecule has 2 atom stereocenters. The number of rotatable bonds is 3. The van der Waals surface area contributed by atoms with E-state index in [-0.39, 0.29) is 0 Å². The van der Waals surface area contributed by atoms with Gasteiger partial charge in [0, 0.05) is 6.04 Å². The third-order valence-electron chi connectivity index (χ3n) is 3.62. The standard InChI is InChI=1S/C13H16ClN5/c1-9-2-3-10(6-9)16-13-7-11(4-5-12(13)14)19-8-15-17-18-19/h4-5,7-10,16H,2-3,6H2,1H3. The molecule has 1 N–H and O–H groups in total. The Morgan fingerprint density at radius 1 is 1.37 bits per heavy atom. The largest absolute Gasteiger partial charge is 0.381 e. The summed E-state index contributed by atoms with van der Waals surface area (Å²) in [5.41, 5.74) is 1.86. The van der Waals surface area contributed by atoms with E-state index in [0.717, 1.165) is 22.3 Å². The first kappa shape index (κ1) is 12.4. The number of hydrogen-bond acceptors (Lipinski definition) is 4. The van der Waals surface area contributed by atoms with Crippen LogP contribution in [0.5, 0.6) is 0 Å². The second-order valence-corrected chi connectivity index (χ2v) is 5.59. The van der Waals surface area contributed by atoms with Crippen molar-refractivity contribution in [3.8, 4) is 5.69 Å². The van der Waals surface area contributed by atoms with Crippen LogP contribution in [0, 0.1) is 5.92 Å². The minimum absolute atomic E-state index is 0.511. The monoisotopic (exact) mass is 277 g/mol. The summed E-state index contributed by atoms with van der Waals surface area (Å²) in [7, 11) is 0. The SMILES string of the molecule is CC1CCC(Nc2cc(-n3cnnn3)ccc2Cl)C1. The lowest BCUT2D eigenvalue weighted by Crippen LogP contribution is -2.15. The number of tetrazole rings is 1.